The number of hydrazine groups is 1. The molecule has 0 aliphatic rings. The summed E-state index contributed by atoms with van der Waals surface area (Å²) < 4.78 is 4.78. The number of carbonyl (C=O) groups excluding carboxylic acids is 1. The maximum atomic E-state index is 11.2. The molecule has 0 fully saturated rings. The van der Waals surface area contributed by atoms with Gasteiger partial charge in [0, 0.05) is 6.04 Å². The Kier molecular flexibility index (Phi) is 6.58. The average Bonchev–Trinajstić information content (AvgIpc) is 2.38. The first kappa shape index (κ1) is 14.3. The standard InChI is InChI=1S/C14H20N2O2/c1-3-8-13(15-16-14(17)18-4-2)11-12-9-6-5-7-10-12/h3,5-7,9-10,13,15H,1,4,8,11H2,2H3,(H,16,17). The summed E-state index contributed by atoms with van der Waals surface area (Å²) in [4.78, 5) is 11.2. The van der Waals surface area contributed by atoms with Gasteiger partial charge in [0.05, 0.1) is 6.61 Å². The Morgan fingerprint density at radius 1 is 1.44 bits per heavy atom. The van der Waals surface area contributed by atoms with E-state index >= 15 is 0 Å². The van der Waals surface area contributed by atoms with Gasteiger partial charge in [-0.05, 0) is 25.3 Å². The Morgan fingerprint density at radius 3 is 2.78 bits per heavy atom. The highest BCUT2D eigenvalue weighted by Crippen LogP contribution is 2.05. The van der Waals surface area contributed by atoms with Gasteiger partial charge in [0.1, 0.15) is 0 Å². The van der Waals surface area contributed by atoms with Gasteiger partial charge in [0.15, 0.2) is 0 Å². The molecular weight excluding hydrogens is 228 g/mol. The van der Waals surface area contributed by atoms with Crippen molar-refractivity contribution in [2.24, 2.45) is 0 Å². The molecule has 0 aromatic heterocycles. The average molecular weight is 248 g/mol. The summed E-state index contributed by atoms with van der Waals surface area (Å²) in [5.74, 6) is 0. The highest BCUT2D eigenvalue weighted by Gasteiger charge is 2.09. The summed E-state index contributed by atoms with van der Waals surface area (Å²) in [6, 6.07) is 10.2. The maximum Gasteiger partial charge on any atom is 0.421 e. The maximum absolute atomic E-state index is 11.2. The highest BCUT2D eigenvalue weighted by atomic mass is 16.5. The van der Waals surface area contributed by atoms with E-state index in [1.165, 1.54) is 5.56 Å². The van der Waals surface area contributed by atoms with Crippen LogP contribution in [-0.4, -0.2) is 18.7 Å². The molecular formula is C14H20N2O2. The van der Waals surface area contributed by atoms with E-state index in [0.717, 1.165) is 12.8 Å². The molecule has 0 saturated heterocycles. The molecule has 0 bridgehead atoms. The van der Waals surface area contributed by atoms with E-state index < -0.39 is 6.09 Å². The highest BCUT2D eigenvalue weighted by molar-refractivity contribution is 5.66. The van der Waals surface area contributed by atoms with Crippen LogP contribution in [0.2, 0.25) is 0 Å². The minimum Gasteiger partial charge on any atom is -0.449 e. The quantitative estimate of drug-likeness (QED) is 0.575. The lowest BCUT2D eigenvalue weighted by molar-refractivity contribution is 0.145. The van der Waals surface area contributed by atoms with Crippen LogP contribution < -0.4 is 10.9 Å². The summed E-state index contributed by atoms with van der Waals surface area (Å²) in [7, 11) is 0. The smallest absolute Gasteiger partial charge is 0.421 e. The van der Waals surface area contributed by atoms with Crippen LogP contribution in [0.4, 0.5) is 4.79 Å². The van der Waals surface area contributed by atoms with E-state index in [4.69, 9.17) is 4.74 Å². The summed E-state index contributed by atoms with van der Waals surface area (Å²) in [6.07, 6.45) is 2.95. The Hall–Kier alpha value is -1.81. The molecule has 1 aromatic rings. The lowest BCUT2D eigenvalue weighted by Gasteiger charge is -2.17. The third-order valence-corrected chi connectivity index (χ3v) is 2.43. The second kappa shape index (κ2) is 8.31. The van der Waals surface area contributed by atoms with E-state index in [2.05, 4.69) is 29.6 Å². The van der Waals surface area contributed by atoms with Crippen molar-refractivity contribution in [2.45, 2.75) is 25.8 Å². The van der Waals surface area contributed by atoms with Gasteiger partial charge < -0.3 is 4.74 Å². The van der Waals surface area contributed by atoms with E-state index in [9.17, 15) is 4.79 Å². The monoisotopic (exact) mass is 248 g/mol. The van der Waals surface area contributed by atoms with E-state index in [0.29, 0.717) is 6.61 Å². The lowest BCUT2D eigenvalue weighted by atomic mass is 10.0. The SMILES string of the molecule is C=CCC(Cc1ccccc1)NNC(=O)OCC. The molecule has 1 amide bonds. The van der Waals surface area contributed by atoms with Crippen LogP contribution in [0.15, 0.2) is 43.0 Å². The molecule has 4 heteroatoms. The number of benzene rings is 1. The van der Waals surface area contributed by atoms with Crippen LogP contribution in [0.25, 0.3) is 0 Å². The van der Waals surface area contributed by atoms with E-state index in [1.807, 2.05) is 24.3 Å². The molecule has 98 valence electrons. The van der Waals surface area contributed by atoms with Gasteiger partial charge in [-0.15, -0.1) is 6.58 Å². The molecule has 1 atom stereocenters. The van der Waals surface area contributed by atoms with Crippen molar-refractivity contribution < 1.29 is 9.53 Å². The number of ether oxygens (including phenoxy) is 1. The van der Waals surface area contributed by atoms with E-state index in [1.54, 1.807) is 6.92 Å². The van der Waals surface area contributed by atoms with Gasteiger partial charge in [-0.1, -0.05) is 36.4 Å². The zero-order valence-electron chi connectivity index (χ0n) is 10.7. The third kappa shape index (κ3) is 5.50. The second-order valence-electron chi connectivity index (χ2n) is 3.90. The fourth-order valence-electron chi connectivity index (χ4n) is 1.62. The normalized spacial score (nSPS) is 11.6. The molecule has 1 unspecified atom stereocenters. The Morgan fingerprint density at radius 2 is 2.17 bits per heavy atom. The van der Waals surface area contributed by atoms with Crippen molar-refractivity contribution in [2.75, 3.05) is 6.61 Å². The first-order chi connectivity index (χ1) is 8.76. The molecule has 4 nitrogen and oxygen atoms in total. The molecule has 18 heavy (non-hydrogen) atoms. The molecule has 1 rings (SSSR count). The van der Waals surface area contributed by atoms with Gasteiger partial charge in [-0.2, -0.15) is 0 Å². The van der Waals surface area contributed by atoms with Crippen LogP contribution in [-0.2, 0) is 11.2 Å². The van der Waals surface area contributed by atoms with Crippen molar-refractivity contribution in [1.82, 2.24) is 10.9 Å². The van der Waals surface area contributed by atoms with Crippen molar-refractivity contribution in [3.63, 3.8) is 0 Å². The molecule has 1 aromatic carbocycles. The van der Waals surface area contributed by atoms with Gasteiger partial charge in [0.2, 0.25) is 0 Å². The zero-order valence-corrected chi connectivity index (χ0v) is 10.7. The fraction of sp³-hybridized carbons (Fsp3) is 0.357. The number of nitrogens with one attached hydrogen (secondary N) is 2. The van der Waals surface area contributed by atoms with Gasteiger partial charge in [0.25, 0.3) is 0 Å². The van der Waals surface area contributed by atoms with Crippen LogP contribution in [0.1, 0.15) is 18.9 Å². The minimum atomic E-state index is -0.459. The third-order valence-electron chi connectivity index (χ3n) is 2.43. The first-order valence-corrected chi connectivity index (χ1v) is 6.09. The lowest BCUT2D eigenvalue weighted by Crippen LogP contribution is -2.45. The largest absolute Gasteiger partial charge is 0.449 e. The van der Waals surface area contributed by atoms with Crippen LogP contribution in [0, 0.1) is 0 Å². The fourth-order valence-corrected chi connectivity index (χ4v) is 1.62. The predicted octanol–water partition coefficient (Wildman–Crippen LogP) is 2.42. The molecule has 0 spiro atoms. The predicted molar refractivity (Wildman–Crippen MR) is 72.0 cm³/mol. The Labute approximate surface area is 108 Å². The number of amides is 1. The van der Waals surface area contributed by atoms with E-state index in [-0.39, 0.29) is 6.04 Å². The molecule has 0 heterocycles. The van der Waals surface area contributed by atoms with Crippen LogP contribution >= 0.6 is 0 Å². The molecule has 0 aliphatic carbocycles. The summed E-state index contributed by atoms with van der Waals surface area (Å²) in [5.41, 5.74) is 6.70. The molecule has 0 saturated carbocycles. The van der Waals surface area contributed by atoms with Crippen molar-refractivity contribution in [3.8, 4) is 0 Å². The first-order valence-electron chi connectivity index (χ1n) is 6.09. The van der Waals surface area contributed by atoms with Gasteiger partial charge in [-0.25, -0.2) is 10.2 Å². The minimum absolute atomic E-state index is 0.106. The number of carbonyl (C=O) groups is 1. The van der Waals surface area contributed by atoms with Crippen molar-refractivity contribution in [3.05, 3.63) is 48.6 Å². The Balaban J connectivity index is 2.44. The second-order valence-corrected chi connectivity index (χ2v) is 3.90. The Bertz CT molecular complexity index is 365. The van der Waals surface area contributed by atoms with Crippen molar-refractivity contribution in [1.29, 1.82) is 0 Å². The number of hydrogen-bond donors (Lipinski definition) is 2. The number of hydrogen-bond acceptors (Lipinski definition) is 3. The van der Waals surface area contributed by atoms with Crippen LogP contribution in [0.3, 0.4) is 0 Å². The molecule has 0 aliphatic heterocycles. The van der Waals surface area contributed by atoms with Gasteiger partial charge in [-0.3, -0.25) is 5.43 Å². The zero-order chi connectivity index (χ0) is 13.2. The number of rotatable bonds is 7. The summed E-state index contributed by atoms with van der Waals surface area (Å²) in [6.45, 7) is 5.85. The van der Waals surface area contributed by atoms with Crippen LogP contribution in [0.5, 0.6) is 0 Å². The van der Waals surface area contributed by atoms with Crippen molar-refractivity contribution >= 4 is 6.09 Å². The van der Waals surface area contributed by atoms with Gasteiger partial charge >= 0.3 is 6.09 Å². The molecule has 0 radical (unpaired) electrons. The molecule has 2 N–H and O–H groups in total. The summed E-state index contributed by atoms with van der Waals surface area (Å²) in [5, 5.41) is 0. The topological polar surface area (TPSA) is 50.4 Å². The summed E-state index contributed by atoms with van der Waals surface area (Å²) >= 11 is 0.